The summed E-state index contributed by atoms with van der Waals surface area (Å²) in [4.78, 5) is 14.6. The summed E-state index contributed by atoms with van der Waals surface area (Å²) < 4.78 is 0. The molecule has 0 bridgehead atoms. The van der Waals surface area contributed by atoms with E-state index < -0.39 is 12.0 Å². The van der Waals surface area contributed by atoms with E-state index in [1.54, 1.807) is 0 Å². The van der Waals surface area contributed by atoms with Crippen molar-refractivity contribution in [2.24, 2.45) is 5.73 Å². The molecule has 0 amide bonds. The van der Waals surface area contributed by atoms with Crippen LogP contribution in [-0.4, -0.2) is 16.1 Å². The monoisotopic (exact) mass is 191 g/mol. The highest BCUT2D eigenvalue weighted by atomic mass is 16.4. The van der Waals surface area contributed by atoms with Gasteiger partial charge in [-0.1, -0.05) is 0 Å². The highest BCUT2D eigenvalue weighted by Crippen LogP contribution is 2.15. The molecule has 1 rings (SSSR count). The second-order valence-electron chi connectivity index (χ2n) is 2.71. The summed E-state index contributed by atoms with van der Waals surface area (Å²) in [5.74, 6) is -1.08. The van der Waals surface area contributed by atoms with Crippen molar-refractivity contribution >= 4 is 5.97 Å². The van der Waals surface area contributed by atoms with Gasteiger partial charge in [0.2, 0.25) is 0 Å². The molecule has 0 unspecified atom stereocenters. The predicted octanol–water partition coefficient (Wildman–Crippen LogP) is 0.693. The molecule has 0 saturated carbocycles. The van der Waals surface area contributed by atoms with E-state index in [1.807, 2.05) is 6.07 Å². The van der Waals surface area contributed by atoms with Gasteiger partial charge in [0.15, 0.2) is 0 Å². The molecule has 3 N–H and O–H groups in total. The summed E-state index contributed by atoms with van der Waals surface area (Å²) in [5, 5.41) is 17.2. The van der Waals surface area contributed by atoms with Crippen LogP contribution < -0.4 is 5.73 Å². The fourth-order valence-electron chi connectivity index (χ4n) is 1.09. The van der Waals surface area contributed by atoms with Crippen LogP contribution in [0.5, 0.6) is 0 Å². The first kappa shape index (κ1) is 10.2. The Morgan fingerprint density at radius 3 is 3.07 bits per heavy atom. The maximum Gasteiger partial charge on any atom is 0.337 e. The third kappa shape index (κ3) is 2.06. The van der Waals surface area contributed by atoms with Crippen molar-refractivity contribution in [1.29, 1.82) is 5.26 Å². The molecule has 5 heteroatoms. The number of hydrogen-bond acceptors (Lipinski definition) is 4. The molecular weight excluding hydrogens is 182 g/mol. The highest BCUT2D eigenvalue weighted by Gasteiger charge is 2.16. The van der Waals surface area contributed by atoms with E-state index in [0.29, 0.717) is 0 Å². The molecule has 72 valence electrons. The second-order valence-corrected chi connectivity index (χ2v) is 2.71. The van der Waals surface area contributed by atoms with Gasteiger partial charge >= 0.3 is 5.97 Å². The largest absolute Gasteiger partial charge is 0.478 e. The fourth-order valence-corrected chi connectivity index (χ4v) is 1.09. The zero-order chi connectivity index (χ0) is 10.6. The summed E-state index contributed by atoms with van der Waals surface area (Å²) in [6, 6.07) is 4.17. The molecule has 0 aromatic carbocycles. The van der Waals surface area contributed by atoms with Crippen molar-refractivity contribution in [2.45, 2.75) is 12.5 Å². The smallest absolute Gasteiger partial charge is 0.337 e. The van der Waals surface area contributed by atoms with Crippen LogP contribution in [0, 0.1) is 11.3 Å². The van der Waals surface area contributed by atoms with Crippen molar-refractivity contribution in [3.05, 3.63) is 29.6 Å². The van der Waals surface area contributed by atoms with Crippen LogP contribution in [0.1, 0.15) is 28.5 Å². The molecular formula is C9H9N3O2. The van der Waals surface area contributed by atoms with E-state index in [-0.39, 0.29) is 17.7 Å². The molecule has 14 heavy (non-hydrogen) atoms. The van der Waals surface area contributed by atoms with Gasteiger partial charge in [0.05, 0.1) is 29.8 Å². The van der Waals surface area contributed by atoms with Crippen LogP contribution in [0.2, 0.25) is 0 Å². The average Bonchev–Trinajstić information content (AvgIpc) is 2.18. The van der Waals surface area contributed by atoms with Crippen LogP contribution in [-0.2, 0) is 0 Å². The maximum atomic E-state index is 10.8. The lowest BCUT2D eigenvalue weighted by atomic mass is 10.1. The van der Waals surface area contributed by atoms with Gasteiger partial charge in [0.1, 0.15) is 0 Å². The van der Waals surface area contributed by atoms with Gasteiger partial charge in [-0.2, -0.15) is 5.26 Å². The zero-order valence-corrected chi connectivity index (χ0v) is 7.34. The molecule has 1 aromatic heterocycles. The third-order valence-electron chi connectivity index (χ3n) is 1.73. The number of carboxylic acids is 1. The number of carbonyl (C=O) groups is 1. The van der Waals surface area contributed by atoms with Crippen LogP contribution in [0.25, 0.3) is 0 Å². The molecule has 1 aromatic rings. The van der Waals surface area contributed by atoms with E-state index in [2.05, 4.69) is 4.98 Å². The van der Waals surface area contributed by atoms with Crippen LogP contribution in [0.3, 0.4) is 0 Å². The van der Waals surface area contributed by atoms with Gasteiger partial charge < -0.3 is 10.8 Å². The lowest BCUT2D eigenvalue weighted by Gasteiger charge is -2.08. The Morgan fingerprint density at radius 2 is 2.50 bits per heavy atom. The Hall–Kier alpha value is -1.93. The number of aromatic nitrogens is 1. The van der Waals surface area contributed by atoms with Gasteiger partial charge in [0, 0.05) is 6.20 Å². The predicted molar refractivity (Wildman–Crippen MR) is 48.4 cm³/mol. The third-order valence-corrected chi connectivity index (χ3v) is 1.73. The Morgan fingerprint density at radius 1 is 1.79 bits per heavy atom. The normalized spacial score (nSPS) is 11.7. The average molecular weight is 191 g/mol. The lowest BCUT2D eigenvalue weighted by Crippen LogP contribution is -2.16. The van der Waals surface area contributed by atoms with Gasteiger partial charge in [-0.3, -0.25) is 4.98 Å². The number of carboxylic acid groups (broad SMARTS) is 1. The molecule has 1 heterocycles. The summed E-state index contributed by atoms with van der Waals surface area (Å²) >= 11 is 0. The van der Waals surface area contributed by atoms with Crippen LogP contribution >= 0.6 is 0 Å². The molecule has 5 nitrogen and oxygen atoms in total. The molecule has 0 radical (unpaired) electrons. The summed E-state index contributed by atoms with van der Waals surface area (Å²) in [6.07, 6.45) is 1.51. The number of aromatic carboxylic acids is 1. The molecule has 0 aliphatic rings. The minimum Gasteiger partial charge on any atom is -0.478 e. The van der Waals surface area contributed by atoms with Crippen molar-refractivity contribution in [1.82, 2.24) is 4.98 Å². The number of hydrogen-bond donors (Lipinski definition) is 2. The zero-order valence-electron chi connectivity index (χ0n) is 7.34. The first-order chi connectivity index (χ1) is 6.66. The molecule has 0 aliphatic heterocycles. The number of nitrogens with two attached hydrogens (primary N) is 1. The molecule has 0 spiro atoms. The quantitative estimate of drug-likeness (QED) is 0.732. The van der Waals surface area contributed by atoms with Crippen LogP contribution in [0.4, 0.5) is 0 Å². The number of pyridine rings is 1. The van der Waals surface area contributed by atoms with Crippen molar-refractivity contribution < 1.29 is 9.90 Å². The van der Waals surface area contributed by atoms with Gasteiger partial charge in [-0.05, 0) is 12.1 Å². The lowest BCUT2D eigenvalue weighted by molar-refractivity contribution is 0.0694. The Kier molecular flexibility index (Phi) is 3.15. The second kappa shape index (κ2) is 4.35. The molecule has 1 atom stereocenters. The standard InChI is InChI=1S/C9H9N3O2/c10-4-3-7(11)8-6(9(13)14)2-1-5-12-8/h1-2,5,7H,3,11H2,(H,13,14)/t7-/m1/s1. The SMILES string of the molecule is N#CC[C@@H](N)c1ncccc1C(=O)O. The van der Waals surface area contributed by atoms with E-state index >= 15 is 0 Å². The first-order valence-corrected chi connectivity index (χ1v) is 3.97. The van der Waals surface area contributed by atoms with E-state index in [1.165, 1.54) is 18.3 Å². The Balaban J connectivity index is 3.08. The first-order valence-electron chi connectivity index (χ1n) is 3.97. The summed E-state index contributed by atoms with van der Waals surface area (Å²) in [7, 11) is 0. The van der Waals surface area contributed by atoms with Crippen LogP contribution in [0.15, 0.2) is 18.3 Å². The maximum absolute atomic E-state index is 10.8. The van der Waals surface area contributed by atoms with Gasteiger partial charge in [0.25, 0.3) is 0 Å². The fraction of sp³-hybridized carbons (Fsp3) is 0.222. The van der Waals surface area contributed by atoms with Crippen molar-refractivity contribution in [3.8, 4) is 6.07 Å². The summed E-state index contributed by atoms with van der Waals surface area (Å²) in [6.45, 7) is 0. The number of rotatable bonds is 3. The summed E-state index contributed by atoms with van der Waals surface area (Å²) in [5.41, 5.74) is 5.90. The van der Waals surface area contributed by atoms with E-state index in [0.717, 1.165) is 0 Å². The van der Waals surface area contributed by atoms with Gasteiger partial charge in [-0.25, -0.2) is 4.79 Å². The minimum absolute atomic E-state index is 0.0512. The molecule has 0 fully saturated rings. The van der Waals surface area contributed by atoms with E-state index in [4.69, 9.17) is 16.1 Å². The minimum atomic E-state index is -1.08. The molecule has 0 saturated heterocycles. The topological polar surface area (TPSA) is 100 Å². The Labute approximate surface area is 80.8 Å². The number of nitrogens with zero attached hydrogens (tertiary/aromatic N) is 2. The highest BCUT2D eigenvalue weighted by molar-refractivity contribution is 5.88. The Bertz CT molecular complexity index is 384. The number of nitriles is 1. The van der Waals surface area contributed by atoms with Crippen molar-refractivity contribution in [3.63, 3.8) is 0 Å². The van der Waals surface area contributed by atoms with Gasteiger partial charge in [-0.15, -0.1) is 0 Å². The van der Waals surface area contributed by atoms with Crippen molar-refractivity contribution in [2.75, 3.05) is 0 Å². The van der Waals surface area contributed by atoms with E-state index in [9.17, 15) is 4.79 Å². The molecule has 0 aliphatic carbocycles.